The number of rotatable bonds is 7. The highest BCUT2D eigenvalue weighted by atomic mass is 79.9. The number of hydrogen-bond donors (Lipinski definition) is 1. The Bertz CT molecular complexity index is 1390. The first kappa shape index (κ1) is 23.4. The van der Waals surface area contributed by atoms with Crippen molar-refractivity contribution < 1.29 is 19.1 Å². The van der Waals surface area contributed by atoms with Gasteiger partial charge in [0.1, 0.15) is 17.2 Å². The first-order valence-corrected chi connectivity index (χ1v) is 11.3. The number of carbonyl (C=O) groups is 2. The highest BCUT2D eigenvalue weighted by molar-refractivity contribution is 9.10. The van der Waals surface area contributed by atoms with Gasteiger partial charge in [0.2, 0.25) is 0 Å². The number of methoxy groups -OCH3 is 2. The van der Waals surface area contributed by atoms with Crippen molar-refractivity contribution in [3.63, 3.8) is 0 Å². The molecule has 0 aliphatic carbocycles. The second-order valence-electron chi connectivity index (χ2n) is 7.68. The van der Waals surface area contributed by atoms with Crippen molar-refractivity contribution in [1.29, 1.82) is 5.41 Å². The van der Waals surface area contributed by atoms with Gasteiger partial charge in [-0.25, -0.2) is 9.78 Å². The number of aromatic nitrogens is 3. The van der Waals surface area contributed by atoms with Crippen molar-refractivity contribution in [3.05, 3.63) is 82.6 Å². The van der Waals surface area contributed by atoms with Crippen molar-refractivity contribution >= 4 is 38.9 Å². The van der Waals surface area contributed by atoms with Crippen LogP contribution in [0.5, 0.6) is 0 Å². The van der Waals surface area contributed by atoms with Crippen LogP contribution in [0.2, 0.25) is 0 Å². The fourth-order valence-corrected chi connectivity index (χ4v) is 4.14. The lowest BCUT2D eigenvalue weighted by molar-refractivity contribution is -0.151. The molecule has 1 N–H and O–H groups in total. The SMILES string of the molecule is COC(=O)C[C@H](C(=O)OC)n1cnc2c(c(-c3ccccc3)cn2Cc2ccc(Br)cc2)c1=N. The summed E-state index contributed by atoms with van der Waals surface area (Å²) in [7, 11) is 2.49. The highest BCUT2D eigenvalue weighted by Crippen LogP contribution is 2.29. The maximum absolute atomic E-state index is 12.5. The van der Waals surface area contributed by atoms with Crippen LogP contribution in [0.1, 0.15) is 18.0 Å². The Balaban J connectivity index is 1.91. The van der Waals surface area contributed by atoms with Gasteiger partial charge >= 0.3 is 11.9 Å². The minimum absolute atomic E-state index is 0.0534. The van der Waals surface area contributed by atoms with E-state index >= 15 is 0 Å². The summed E-state index contributed by atoms with van der Waals surface area (Å²) in [6.45, 7) is 0.551. The first-order chi connectivity index (χ1) is 16.4. The van der Waals surface area contributed by atoms with Crippen LogP contribution in [0.3, 0.4) is 0 Å². The average Bonchev–Trinajstić information content (AvgIpc) is 3.23. The van der Waals surface area contributed by atoms with Gasteiger partial charge in [-0.2, -0.15) is 0 Å². The highest BCUT2D eigenvalue weighted by Gasteiger charge is 2.27. The molecule has 174 valence electrons. The molecular weight excluding hydrogens is 500 g/mol. The topological polar surface area (TPSA) is 99.2 Å². The zero-order valence-electron chi connectivity index (χ0n) is 18.7. The van der Waals surface area contributed by atoms with Gasteiger partial charge in [0.15, 0.2) is 0 Å². The lowest BCUT2D eigenvalue weighted by Crippen LogP contribution is -2.33. The monoisotopic (exact) mass is 522 g/mol. The Morgan fingerprint density at radius 3 is 2.41 bits per heavy atom. The molecule has 4 rings (SSSR count). The zero-order chi connectivity index (χ0) is 24.2. The fourth-order valence-electron chi connectivity index (χ4n) is 3.87. The van der Waals surface area contributed by atoms with Crippen molar-refractivity contribution in [2.75, 3.05) is 14.2 Å². The van der Waals surface area contributed by atoms with E-state index in [2.05, 4.69) is 20.9 Å². The Labute approximate surface area is 204 Å². The number of nitrogens with one attached hydrogen (secondary N) is 1. The Hall–Kier alpha value is -3.72. The number of fused-ring (bicyclic) bond motifs is 1. The molecule has 0 unspecified atom stereocenters. The quantitative estimate of drug-likeness (QED) is 0.369. The van der Waals surface area contributed by atoms with Crippen molar-refractivity contribution in [2.24, 2.45) is 0 Å². The summed E-state index contributed by atoms with van der Waals surface area (Å²) in [5, 5.41) is 9.57. The molecule has 0 aliphatic rings. The molecule has 0 bridgehead atoms. The molecule has 2 heterocycles. The number of esters is 2. The van der Waals surface area contributed by atoms with E-state index < -0.39 is 18.0 Å². The van der Waals surface area contributed by atoms with E-state index in [1.54, 1.807) is 0 Å². The van der Waals surface area contributed by atoms with Crippen LogP contribution in [-0.4, -0.2) is 40.3 Å². The summed E-state index contributed by atoms with van der Waals surface area (Å²) < 4.78 is 14.0. The van der Waals surface area contributed by atoms with Gasteiger partial charge in [0.25, 0.3) is 0 Å². The summed E-state index contributed by atoms with van der Waals surface area (Å²) >= 11 is 3.46. The molecule has 2 aromatic carbocycles. The van der Waals surface area contributed by atoms with E-state index in [0.717, 1.165) is 21.2 Å². The van der Waals surface area contributed by atoms with Crippen molar-refractivity contribution in [3.8, 4) is 11.1 Å². The molecule has 4 aromatic rings. The molecule has 2 aromatic heterocycles. The third-order valence-corrected chi connectivity index (χ3v) is 6.13. The summed E-state index contributed by atoms with van der Waals surface area (Å²) in [6.07, 6.45) is 3.10. The van der Waals surface area contributed by atoms with Gasteiger partial charge in [-0.3, -0.25) is 10.2 Å². The molecule has 9 heteroatoms. The Kier molecular flexibility index (Phi) is 6.93. The summed E-state index contributed by atoms with van der Waals surface area (Å²) in [5.41, 5.74) is 3.45. The van der Waals surface area contributed by atoms with E-state index in [-0.39, 0.29) is 11.9 Å². The fraction of sp³-hybridized carbons (Fsp3) is 0.200. The van der Waals surface area contributed by atoms with E-state index in [0.29, 0.717) is 17.6 Å². The van der Waals surface area contributed by atoms with E-state index in [4.69, 9.17) is 14.9 Å². The van der Waals surface area contributed by atoms with Gasteiger partial charge in [-0.05, 0) is 23.3 Å². The maximum atomic E-state index is 12.5. The molecule has 34 heavy (non-hydrogen) atoms. The van der Waals surface area contributed by atoms with Gasteiger partial charge in [0.05, 0.1) is 32.4 Å². The Morgan fingerprint density at radius 2 is 1.76 bits per heavy atom. The first-order valence-electron chi connectivity index (χ1n) is 10.5. The second kappa shape index (κ2) is 10.0. The van der Waals surface area contributed by atoms with E-state index in [9.17, 15) is 9.59 Å². The third kappa shape index (κ3) is 4.65. The van der Waals surface area contributed by atoms with Gasteiger partial charge in [-0.1, -0.05) is 58.4 Å². The third-order valence-electron chi connectivity index (χ3n) is 5.60. The summed E-state index contributed by atoms with van der Waals surface area (Å²) in [5.74, 6) is -1.24. The molecule has 8 nitrogen and oxygen atoms in total. The summed E-state index contributed by atoms with van der Waals surface area (Å²) in [4.78, 5) is 29.1. The lowest BCUT2D eigenvalue weighted by atomic mass is 10.1. The molecule has 1 atom stereocenters. The average molecular weight is 523 g/mol. The maximum Gasteiger partial charge on any atom is 0.329 e. The van der Waals surface area contributed by atoms with Crippen LogP contribution in [0.15, 0.2) is 71.6 Å². The molecule has 0 saturated heterocycles. The largest absolute Gasteiger partial charge is 0.469 e. The lowest BCUT2D eigenvalue weighted by Gasteiger charge is -2.17. The molecule has 0 fully saturated rings. The molecule has 0 radical (unpaired) electrons. The van der Waals surface area contributed by atoms with Crippen LogP contribution in [0.25, 0.3) is 22.2 Å². The standard InChI is InChI=1S/C25H23BrN4O4/c1-33-21(31)12-20(25(32)34-2)30-15-28-24-22(23(30)27)19(17-6-4-3-5-7-17)14-29(24)13-16-8-10-18(26)11-9-16/h3-11,14-15,20,27H,12-13H2,1-2H3/t20-/m1/s1. The number of nitrogens with zero attached hydrogens (tertiary/aromatic N) is 3. The molecule has 0 spiro atoms. The molecule has 0 saturated carbocycles. The second-order valence-corrected chi connectivity index (χ2v) is 8.60. The van der Waals surface area contributed by atoms with Crippen molar-refractivity contribution in [1.82, 2.24) is 14.1 Å². The summed E-state index contributed by atoms with van der Waals surface area (Å²) in [6, 6.07) is 16.6. The van der Waals surface area contributed by atoms with Crippen LogP contribution >= 0.6 is 15.9 Å². The number of carbonyl (C=O) groups excluding carboxylic acids is 2. The number of ether oxygens (including phenoxy) is 2. The van der Waals surface area contributed by atoms with E-state index in [1.807, 2.05) is 65.4 Å². The van der Waals surface area contributed by atoms with Gasteiger partial charge < -0.3 is 18.6 Å². The Morgan fingerprint density at radius 1 is 1.06 bits per heavy atom. The van der Waals surface area contributed by atoms with E-state index in [1.165, 1.54) is 25.1 Å². The number of benzene rings is 2. The van der Waals surface area contributed by atoms with Crippen LogP contribution in [0.4, 0.5) is 0 Å². The van der Waals surface area contributed by atoms with Gasteiger partial charge in [-0.15, -0.1) is 0 Å². The minimum atomic E-state index is -1.07. The number of hydrogen-bond acceptors (Lipinski definition) is 6. The smallest absolute Gasteiger partial charge is 0.329 e. The molecule has 0 amide bonds. The van der Waals surface area contributed by atoms with Crippen LogP contribution in [-0.2, 0) is 25.6 Å². The van der Waals surface area contributed by atoms with Gasteiger partial charge in [0, 0.05) is 22.8 Å². The number of halogens is 1. The predicted molar refractivity (Wildman–Crippen MR) is 130 cm³/mol. The van der Waals surface area contributed by atoms with Crippen LogP contribution < -0.4 is 5.49 Å². The minimum Gasteiger partial charge on any atom is -0.469 e. The molecular formula is C25H23BrN4O4. The van der Waals surface area contributed by atoms with Crippen LogP contribution in [0, 0.1) is 5.41 Å². The normalized spacial score (nSPS) is 11.9. The predicted octanol–water partition coefficient (Wildman–Crippen LogP) is 4.07. The van der Waals surface area contributed by atoms with Crippen molar-refractivity contribution in [2.45, 2.75) is 19.0 Å². The molecule has 0 aliphatic heterocycles. The zero-order valence-corrected chi connectivity index (χ0v) is 20.3.